The Labute approximate surface area is 66.8 Å². The second-order valence-corrected chi connectivity index (χ2v) is 3.01. The molecule has 0 aromatic carbocycles. The lowest BCUT2D eigenvalue weighted by molar-refractivity contribution is 0.0852. The molecule has 3 nitrogen and oxygen atoms in total. The van der Waals surface area contributed by atoms with E-state index >= 15 is 0 Å². The van der Waals surface area contributed by atoms with Gasteiger partial charge in [0.1, 0.15) is 6.10 Å². The van der Waals surface area contributed by atoms with Crippen molar-refractivity contribution in [2.75, 3.05) is 13.1 Å². The number of hydrogen-bond acceptors (Lipinski definition) is 3. The molecule has 1 fully saturated rings. The Hall–Kier alpha value is -0.540. The molecule has 0 unspecified atom stereocenters. The summed E-state index contributed by atoms with van der Waals surface area (Å²) in [7, 11) is 0. The van der Waals surface area contributed by atoms with Gasteiger partial charge < -0.3 is 4.74 Å². The molecule has 3 heteroatoms. The molecule has 1 atom stereocenters. The van der Waals surface area contributed by atoms with E-state index in [2.05, 4.69) is 16.7 Å². The molecule has 2 rings (SSSR count). The van der Waals surface area contributed by atoms with Crippen molar-refractivity contribution in [2.45, 2.75) is 25.1 Å². The zero-order valence-electron chi connectivity index (χ0n) is 6.55. The first kappa shape index (κ1) is 7.13. The predicted octanol–water partition coefficient (Wildman–Crippen LogP) is 0.198. The normalized spacial score (nSPS) is 32.2. The van der Waals surface area contributed by atoms with Crippen LogP contribution >= 0.6 is 0 Å². The van der Waals surface area contributed by atoms with Crippen LogP contribution in [0.15, 0.2) is 12.3 Å². The number of hydrogen-bond donors (Lipinski definition) is 2. The van der Waals surface area contributed by atoms with Gasteiger partial charge in [-0.25, -0.2) is 0 Å². The maximum Gasteiger partial charge on any atom is 0.126 e. The van der Waals surface area contributed by atoms with Crippen molar-refractivity contribution in [1.29, 1.82) is 0 Å². The topological polar surface area (TPSA) is 33.3 Å². The van der Waals surface area contributed by atoms with Crippen LogP contribution in [0, 0.1) is 0 Å². The molecular formula is C8H14N2O. The highest BCUT2D eigenvalue weighted by atomic mass is 16.5. The molecule has 1 saturated heterocycles. The van der Waals surface area contributed by atoms with Crippen molar-refractivity contribution in [1.82, 2.24) is 10.6 Å². The average Bonchev–Trinajstić information content (AvgIpc) is 2.58. The van der Waals surface area contributed by atoms with E-state index < -0.39 is 0 Å². The summed E-state index contributed by atoms with van der Waals surface area (Å²) in [5.41, 5.74) is 0. The number of rotatable bonds is 1. The van der Waals surface area contributed by atoms with Crippen molar-refractivity contribution in [3.63, 3.8) is 0 Å². The van der Waals surface area contributed by atoms with Gasteiger partial charge in [0.25, 0.3) is 0 Å². The maximum atomic E-state index is 5.46. The number of allylic oxidation sites excluding steroid dienone is 1. The van der Waals surface area contributed by atoms with E-state index in [0.717, 1.165) is 25.9 Å². The van der Waals surface area contributed by atoms with Gasteiger partial charge in [0.15, 0.2) is 0 Å². The summed E-state index contributed by atoms with van der Waals surface area (Å²) >= 11 is 0. The monoisotopic (exact) mass is 154 g/mol. The Morgan fingerprint density at radius 1 is 1.27 bits per heavy atom. The van der Waals surface area contributed by atoms with E-state index in [-0.39, 0.29) is 0 Å². The van der Waals surface area contributed by atoms with E-state index in [1.54, 1.807) is 0 Å². The zero-order valence-corrected chi connectivity index (χ0v) is 6.55. The molecule has 0 radical (unpaired) electrons. The van der Waals surface area contributed by atoms with Crippen LogP contribution in [0.2, 0.25) is 0 Å². The molecule has 0 aliphatic carbocycles. The van der Waals surface area contributed by atoms with E-state index in [0.29, 0.717) is 12.3 Å². The van der Waals surface area contributed by atoms with Gasteiger partial charge in [-0.3, -0.25) is 10.6 Å². The van der Waals surface area contributed by atoms with Crippen LogP contribution in [0.25, 0.3) is 0 Å². The van der Waals surface area contributed by atoms with Gasteiger partial charge in [-0.2, -0.15) is 0 Å². The SMILES string of the molecule is C1=CO[C@@H](C2NCCN2)CC1. The third-order valence-electron chi connectivity index (χ3n) is 2.19. The third-order valence-corrected chi connectivity index (χ3v) is 2.19. The van der Waals surface area contributed by atoms with Crippen LogP contribution in [0.4, 0.5) is 0 Å². The highest BCUT2D eigenvalue weighted by Crippen LogP contribution is 2.13. The van der Waals surface area contributed by atoms with Gasteiger partial charge in [0, 0.05) is 13.1 Å². The summed E-state index contributed by atoms with van der Waals surface area (Å²) in [6.07, 6.45) is 6.87. The molecule has 62 valence electrons. The predicted molar refractivity (Wildman–Crippen MR) is 43.0 cm³/mol. The maximum absolute atomic E-state index is 5.46. The molecule has 2 aliphatic rings. The molecule has 0 aromatic heterocycles. The smallest absolute Gasteiger partial charge is 0.126 e. The summed E-state index contributed by atoms with van der Waals surface area (Å²) < 4.78 is 5.46. The largest absolute Gasteiger partial charge is 0.495 e. The minimum atomic E-state index is 0.336. The van der Waals surface area contributed by atoms with Crippen LogP contribution in [-0.2, 0) is 4.74 Å². The first-order chi connectivity index (χ1) is 5.47. The van der Waals surface area contributed by atoms with Gasteiger partial charge >= 0.3 is 0 Å². The Balaban J connectivity index is 1.88. The summed E-state index contributed by atoms with van der Waals surface area (Å²) in [6.45, 7) is 2.13. The van der Waals surface area contributed by atoms with Crippen molar-refractivity contribution in [3.8, 4) is 0 Å². The first-order valence-electron chi connectivity index (χ1n) is 4.24. The molecule has 0 bridgehead atoms. The van der Waals surface area contributed by atoms with Gasteiger partial charge in [-0.1, -0.05) is 0 Å². The molecular weight excluding hydrogens is 140 g/mol. The van der Waals surface area contributed by atoms with Crippen molar-refractivity contribution in [2.24, 2.45) is 0 Å². The van der Waals surface area contributed by atoms with Crippen LogP contribution in [0.3, 0.4) is 0 Å². The Bertz CT molecular complexity index is 152. The van der Waals surface area contributed by atoms with E-state index in [9.17, 15) is 0 Å². The molecule has 2 aliphatic heterocycles. The van der Waals surface area contributed by atoms with Crippen molar-refractivity contribution >= 4 is 0 Å². The summed E-state index contributed by atoms with van der Waals surface area (Å²) in [5.74, 6) is 0. The summed E-state index contributed by atoms with van der Waals surface area (Å²) in [4.78, 5) is 0. The van der Waals surface area contributed by atoms with Gasteiger partial charge in [-0.15, -0.1) is 0 Å². The Kier molecular flexibility index (Phi) is 2.10. The second kappa shape index (κ2) is 3.24. The quantitative estimate of drug-likeness (QED) is 0.566. The minimum Gasteiger partial charge on any atom is -0.495 e. The molecule has 2 heterocycles. The standard InChI is InChI=1S/C8H14N2O/c1-2-6-11-7(3-1)8-9-4-5-10-8/h2,6-10H,1,3-5H2/t7-/m1/s1. The zero-order chi connectivity index (χ0) is 7.52. The molecule has 11 heavy (non-hydrogen) atoms. The highest BCUT2D eigenvalue weighted by Gasteiger charge is 2.25. The van der Waals surface area contributed by atoms with Crippen LogP contribution in [0.1, 0.15) is 12.8 Å². The summed E-state index contributed by atoms with van der Waals surface area (Å²) in [6, 6.07) is 0. The molecule has 0 spiro atoms. The first-order valence-corrected chi connectivity index (χ1v) is 4.24. The Morgan fingerprint density at radius 2 is 2.09 bits per heavy atom. The fourth-order valence-electron chi connectivity index (χ4n) is 1.59. The lowest BCUT2D eigenvalue weighted by Crippen LogP contribution is -2.44. The fourth-order valence-corrected chi connectivity index (χ4v) is 1.59. The van der Waals surface area contributed by atoms with Crippen molar-refractivity contribution in [3.05, 3.63) is 12.3 Å². The number of ether oxygens (including phenoxy) is 1. The van der Waals surface area contributed by atoms with Crippen LogP contribution < -0.4 is 10.6 Å². The van der Waals surface area contributed by atoms with Crippen LogP contribution in [-0.4, -0.2) is 25.4 Å². The minimum absolute atomic E-state index is 0.336. The Morgan fingerprint density at radius 3 is 2.73 bits per heavy atom. The average molecular weight is 154 g/mol. The molecule has 0 aromatic rings. The van der Waals surface area contributed by atoms with Gasteiger partial charge in [-0.05, 0) is 18.9 Å². The fraction of sp³-hybridized carbons (Fsp3) is 0.750. The highest BCUT2D eigenvalue weighted by molar-refractivity contribution is 4.89. The number of nitrogens with one attached hydrogen (secondary N) is 2. The summed E-state index contributed by atoms with van der Waals surface area (Å²) in [5, 5.41) is 6.71. The molecule has 0 amide bonds. The van der Waals surface area contributed by atoms with Crippen LogP contribution in [0.5, 0.6) is 0 Å². The van der Waals surface area contributed by atoms with E-state index in [4.69, 9.17) is 4.74 Å². The lowest BCUT2D eigenvalue weighted by Gasteiger charge is -2.25. The van der Waals surface area contributed by atoms with Gasteiger partial charge in [0.05, 0.1) is 12.4 Å². The third kappa shape index (κ3) is 1.54. The second-order valence-electron chi connectivity index (χ2n) is 3.01. The lowest BCUT2D eigenvalue weighted by atomic mass is 10.1. The van der Waals surface area contributed by atoms with Gasteiger partial charge in [0.2, 0.25) is 0 Å². The molecule has 0 saturated carbocycles. The molecule has 2 N–H and O–H groups in total. The van der Waals surface area contributed by atoms with E-state index in [1.807, 2.05) is 6.26 Å². The van der Waals surface area contributed by atoms with E-state index in [1.165, 1.54) is 0 Å². The van der Waals surface area contributed by atoms with Crippen molar-refractivity contribution < 1.29 is 4.74 Å².